The summed E-state index contributed by atoms with van der Waals surface area (Å²) >= 11 is 3.41. The van der Waals surface area contributed by atoms with Crippen LogP contribution in [0.1, 0.15) is 38.1 Å². The van der Waals surface area contributed by atoms with E-state index in [1.807, 2.05) is 13.8 Å². The molecule has 2 aromatic rings. The molecule has 7 heteroatoms. The second-order valence-corrected chi connectivity index (χ2v) is 9.32. The number of amides is 2. The summed E-state index contributed by atoms with van der Waals surface area (Å²) in [5, 5.41) is 2.91. The summed E-state index contributed by atoms with van der Waals surface area (Å²) in [7, 11) is 1.55. The third-order valence-electron chi connectivity index (χ3n) is 4.89. The van der Waals surface area contributed by atoms with Crippen molar-refractivity contribution in [3.05, 3.63) is 46.4 Å². The highest BCUT2D eigenvalue weighted by Gasteiger charge is 2.38. The number of methoxy groups -OCH3 is 1. The molecular formula is C23H27BrN2O4. The predicted octanol–water partition coefficient (Wildman–Crippen LogP) is 5.12. The fraction of sp³-hybridized carbons (Fsp3) is 0.391. The van der Waals surface area contributed by atoms with E-state index >= 15 is 0 Å². The molecule has 0 spiro atoms. The SMILES string of the molecule is COc1ccc(Br)c(C(=O)Nc2ccc3c(c2)N(CC(C)C)C(=O)C(C)(C)CO3)c1. The van der Waals surface area contributed by atoms with Crippen LogP contribution in [-0.2, 0) is 4.79 Å². The van der Waals surface area contributed by atoms with Gasteiger partial charge in [0.25, 0.3) is 5.91 Å². The Morgan fingerprint density at radius 2 is 2.00 bits per heavy atom. The first-order valence-corrected chi connectivity index (χ1v) is 10.7. The van der Waals surface area contributed by atoms with Crippen LogP contribution in [0.15, 0.2) is 40.9 Å². The van der Waals surface area contributed by atoms with Crippen molar-refractivity contribution < 1.29 is 19.1 Å². The summed E-state index contributed by atoms with van der Waals surface area (Å²) in [5.41, 5.74) is 1.07. The normalized spacial score (nSPS) is 15.3. The number of nitrogens with one attached hydrogen (secondary N) is 1. The summed E-state index contributed by atoms with van der Waals surface area (Å²) < 4.78 is 11.8. The number of anilines is 2. The van der Waals surface area contributed by atoms with Crippen LogP contribution in [-0.4, -0.2) is 32.1 Å². The minimum atomic E-state index is -0.636. The first-order valence-electron chi connectivity index (χ1n) is 9.86. The van der Waals surface area contributed by atoms with Gasteiger partial charge in [0.1, 0.15) is 18.1 Å². The number of nitrogens with zero attached hydrogens (tertiary/aromatic N) is 1. The molecule has 2 aromatic carbocycles. The lowest BCUT2D eigenvalue weighted by Crippen LogP contribution is -2.43. The second-order valence-electron chi connectivity index (χ2n) is 8.46. The van der Waals surface area contributed by atoms with Crippen LogP contribution in [0.4, 0.5) is 11.4 Å². The predicted molar refractivity (Wildman–Crippen MR) is 122 cm³/mol. The molecular weight excluding hydrogens is 448 g/mol. The molecule has 30 heavy (non-hydrogen) atoms. The molecule has 0 aromatic heterocycles. The Bertz CT molecular complexity index is 972. The van der Waals surface area contributed by atoms with Crippen molar-refractivity contribution in [3.8, 4) is 11.5 Å². The molecule has 160 valence electrons. The fourth-order valence-corrected chi connectivity index (χ4v) is 3.70. The molecule has 0 saturated heterocycles. The highest BCUT2D eigenvalue weighted by atomic mass is 79.9. The third kappa shape index (κ3) is 4.61. The van der Waals surface area contributed by atoms with Crippen molar-refractivity contribution in [2.24, 2.45) is 11.3 Å². The molecule has 0 radical (unpaired) electrons. The van der Waals surface area contributed by atoms with Gasteiger partial charge in [-0.25, -0.2) is 0 Å². The van der Waals surface area contributed by atoms with E-state index in [0.717, 1.165) is 0 Å². The van der Waals surface area contributed by atoms with E-state index in [-0.39, 0.29) is 17.7 Å². The number of hydrogen-bond acceptors (Lipinski definition) is 4. The minimum Gasteiger partial charge on any atom is -0.497 e. The number of benzene rings is 2. The number of hydrogen-bond donors (Lipinski definition) is 1. The van der Waals surface area contributed by atoms with E-state index in [2.05, 4.69) is 35.1 Å². The fourth-order valence-electron chi connectivity index (χ4n) is 3.27. The maximum atomic E-state index is 13.2. The van der Waals surface area contributed by atoms with E-state index in [1.54, 1.807) is 48.4 Å². The van der Waals surface area contributed by atoms with Crippen LogP contribution in [0, 0.1) is 11.3 Å². The van der Waals surface area contributed by atoms with Gasteiger partial charge in [0.05, 0.1) is 23.8 Å². The van der Waals surface area contributed by atoms with Gasteiger partial charge in [0.2, 0.25) is 5.91 Å². The number of rotatable bonds is 5. The lowest BCUT2D eigenvalue weighted by molar-refractivity contribution is -0.127. The van der Waals surface area contributed by atoms with E-state index < -0.39 is 5.41 Å². The lowest BCUT2D eigenvalue weighted by atomic mass is 9.92. The average molecular weight is 475 g/mol. The van der Waals surface area contributed by atoms with Crippen LogP contribution >= 0.6 is 15.9 Å². The van der Waals surface area contributed by atoms with E-state index in [9.17, 15) is 9.59 Å². The maximum absolute atomic E-state index is 13.2. The van der Waals surface area contributed by atoms with Gasteiger partial charge >= 0.3 is 0 Å². The molecule has 0 saturated carbocycles. The van der Waals surface area contributed by atoms with Gasteiger partial charge in [-0.1, -0.05) is 13.8 Å². The van der Waals surface area contributed by atoms with E-state index in [1.165, 1.54) is 0 Å². The molecule has 0 unspecified atom stereocenters. The van der Waals surface area contributed by atoms with Gasteiger partial charge in [-0.05, 0) is 72.1 Å². The smallest absolute Gasteiger partial charge is 0.256 e. The standard InChI is InChI=1S/C23H27BrN2O4/c1-14(2)12-26-19-10-15(6-9-20(19)30-13-23(3,4)22(26)28)25-21(27)17-11-16(29-5)7-8-18(17)24/h6-11,14H,12-13H2,1-5H3,(H,25,27). The first kappa shape index (κ1) is 22.2. The highest BCUT2D eigenvalue weighted by molar-refractivity contribution is 9.10. The number of carbonyl (C=O) groups excluding carboxylic acids is 2. The lowest BCUT2D eigenvalue weighted by Gasteiger charge is -2.29. The molecule has 2 amide bonds. The number of carbonyl (C=O) groups is 2. The number of halogens is 1. The van der Waals surface area contributed by atoms with Gasteiger partial charge < -0.3 is 19.7 Å². The molecule has 0 aliphatic carbocycles. The zero-order chi connectivity index (χ0) is 22.1. The van der Waals surface area contributed by atoms with Gasteiger partial charge in [0, 0.05) is 16.7 Å². The van der Waals surface area contributed by atoms with Crippen molar-refractivity contribution in [2.45, 2.75) is 27.7 Å². The first-order chi connectivity index (χ1) is 14.1. The van der Waals surface area contributed by atoms with Crippen LogP contribution in [0.3, 0.4) is 0 Å². The Labute approximate surface area is 185 Å². The zero-order valence-corrected chi connectivity index (χ0v) is 19.5. The average Bonchev–Trinajstić information content (AvgIpc) is 2.78. The maximum Gasteiger partial charge on any atom is 0.256 e. The topological polar surface area (TPSA) is 67.9 Å². The zero-order valence-electron chi connectivity index (χ0n) is 17.9. The Morgan fingerprint density at radius 1 is 1.27 bits per heavy atom. The van der Waals surface area contributed by atoms with Crippen LogP contribution < -0.4 is 19.7 Å². The Balaban J connectivity index is 1.95. The van der Waals surface area contributed by atoms with E-state index in [0.29, 0.717) is 46.1 Å². The molecule has 3 rings (SSSR count). The van der Waals surface area contributed by atoms with Crippen molar-refractivity contribution in [1.29, 1.82) is 0 Å². The Kier molecular flexibility index (Phi) is 6.41. The summed E-state index contributed by atoms with van der Waals surface area (Å²) in [6.07, 6.45) is 0. The Morgan fingerprint density at radius 3 is 2.67 bits per heavy atom. The third-order valence-corrected chi connectivity index (χ3v) is 5.58. The van der Waals surface area contributed by atoms with Crippen LogP contribution in [0.25, 0.3) is 0 Å². The Hall–Kier alpha value is -2.54. The van der Waals surface area contributed by atoms with Gasteiger partial charge in [0.15, 0.2) is 0 Å². The molecule has 1 aliphatic rings. The molecule has 1 heterocycles. The van der Waals surface area contributed by atoms with E-state index in [4.69, 9.17) is 9.47 Å². The summed E-state index contributed by atoms with van der Waals surface area (Å²) in [6.45, 7) is 8.78. The number of fused-ring (bicyclic) bond motifs is 1. The van der Waals surface area contributed by atoms with Crippen molar-refractivity contribution in [3.63, 3.8) is 0 Å². The van der Waals surface area contributed by atoms with Gasteiger partial charge in [-0.2, -0.15) is 0 Å². The van der Waals surface area contributed by atoms with Crippen molar-refractivity contribution in [2.75, 3.05) is 30.5 Å². The van der Waals surface area contributed by atoms with Gasteiger partial charge in [-0.15, -0.1) is 0 Å². The monoisotopic (exact) mass is 474 g/mol. The molecule has 1 aliphatic heterocycles. The summed E-state index contributed by atoms with van der Waals surface area (Å²) in [6, 6.07) is 10.6. The highest BCUT2D eigenvalue weighted by Crippen LogP contribution is 2.39. The van der Waals surface area contributed by atoms with Gasteiger partial charge in [-0.3, -0.25) is 9.59 Å². The molecule has 0 fully saturated rings. The summed E-state index contributed by atoms with van der Waals surface area (Å²) in [5.74, 6) is 1.23. The number of ether oxygens (including phenoxy) is 2. The molecule has 6 nitrogen and oxygen atoms in total. The largest absolute Gasteiger partial charge is 0.497 e. The molecule has 0 atom stereocenters. The molecule has 0 bridgehead atoms. The van der Waals surface area contributed by atoms with Crippen molar-refractivity contribution in [1.82, 2.24) is 0 Å². The van der Waals surface area contributed by atoms with Crippen LogP contribution in [0.5, 0.6) is 11.5 Å². The molecule has 1 N–H and O–H groups in total. The van der Waals surface area contributed by atoms with Crippen molar-refractivity contribution >= 4 is 39.1 Å². The second kappa shape index (κ2) is 8.68. The minimum absolute atomic E-state index is 0.00830. The quantitative estimate of drug-likeness (QED) is 0.652. The summed E-state index contributed by atoms with van der Waals surface area (Å²) in [4.78, 5) is 27.8. The van der Waals surface area contributed by atoms with Crippen LogP contribution in [0.2, 0.25) is 0 Å².